The number of para-hydroxylation sites is 2. The molecule has 0 spiro atoms. The van der Waals surface area contributed by atoms with Crippen molar-refractivity contribution in [2.45, 2.75) is 29.9 Å². The topological polar surface area (TPSA) is 66.1 Å². The van der Waals surface area contributed by atoms with Crippen LogP contribution in [0.25, 0.3) is 17.1 Å². The Bertz CT molecular complexity index is 1020. The van der Waals surface area contributed by atoms with Crippen LogP contribution in [-0.2, 0) is 4.79 Å². The van der Waals surface area contributed by atoms with Gasteiger partial charge in [0.1, 0.15) is 0 Å². The fourth-order valence-electron chi connectivity index (χ4n) is 2.80. The number of hydrogen-bond acceptors (Lipinski definition) is 5. The highest BCUT2D eigenvalue weighted by Crippen LogP contribution is 2.34. The number of rotatable bonds is 4. The number of nitrogens with one attached hydrogen (secondary N) is 1. The maximum absolute atomic E-state index is 12.4. The van der Waals surface area contributed by atoms with Gasteiger partial charge in [0.05, 0.1) is 15.9 Å². The molecule has 1 fully saturated rings. The number of imide groups is 1. The molecule has 27 heavy (non-hydrogen) atoms. The summed E-state index contributed by atoms with van der Waals surface area (Å²) in [5.41, 5.74) is 2.84. The molecule has 0 radical (unpaired) electrons. The summed E-state index contributed by atoms with van der Waals surface area (Å²) in [6, 6.07) is 15.6. The van der Waals surface area contributed by atoms with Gasteiger partial charge in [-0.15, -0.1) is 0 Å². The van der Waals surface area contributed by atoms with Crippen LogP contribution in [0.3, 0.4) is 0 Å². The number of H-pyrrole nitrogens is 1. The lowest BCUT2D eigenvalue weighted by atomic mass is 10.2. The van der Waals surface area contributed by atoms with E-state index in [1.165, 1.54) is 4.90 Å². The summed E-state index contributed by atoms with van der Waals surface area (Å²) >= 11 is 2.54. The summed E-state index contributed by atoms with van der Waals surface area (Å²) in [5.74, 6) is -0.222. The third kappa shape index (κ3) is 3.65. The van der Waals surface area contributed by atoms with E-state index in [-0.39, 0.29) is 17.2 Å². The molecule has 2 heterocycles. The number of benzene rings is 2. The van der Waals surface area contributed by atoms with Gasteiger partial charge in [-0.3, -0.25) is 14.5 Å². The third-order valence-electron chi connectivity index (χ3n) is 4.10. The summed E-state index contributed by atoms with van der Waals surface area (Å²) in [5, 5.41) is 0.625. The normalized spacial score (nSPS) is 16.3. The number of nitrogens with zero attached hydrogens (tertiary/aromatic N) is 2. The number of carbonyl (C=O) groups is 2. The number of imidazole rings is 1. The Morgan fingerprint density at radius 2 is 1.85 bits per heavy atom. The minimum Gasteiger partial charge on any atom is -0.333 e. The van der Waals surface area contributed by atoms with Crippen molar-refractivity contribution in [1.82, 2.24) is 14.9 Å². The standard InChI is InChI=1S/C20H17N3O2S2/c1-12(2)23-18(24)17(27-20(23)25)11-13-7-9-14(10-8-13)26-19-21-15-5-3-4-6-16(15)22-19/h3-12H,1-2H3,(H,21,22). The van der Waals surface area contributed by atoms with Crippen LogP contribution in [0.1, 0.15) is 19.4 Å². The Kier molecular flexibility index (Phi) is 4.80. The molecule has 1 aliphatic rings. The van der Waals surface area contributed by atoms with Crippen LogP contribution >= 0.6 is 23.5 Å². The van der Waals surface area contributed by atoms with E-state index >= 15 is 0 Å². The molecule has 1 aromatic heterocycles. The quantitative estimate of drug-likeness (QED) is 0.618. The molecular weight excluding hydrogens is 378 g/mol. The van der Waals surface area contributed by atoms with Gasteiger partial charge in [-0.25, -0.2) is 4.98 Å². The van der Waals surface area contributed by atoms with Crippen molar-refractivity contribution in [3.63, 3.8) is 0 Å². The van der Waals surface area contributed by atoms with Gasteiger partial charge in [0, 0.05) is 10.9 Å². The first-order valence-electron chi connectivity index (χ1n) is 8.51. The van der Waals surface area contributed by atoms with Crippen LogP contribution in [0, 0.1) is 0 Å². The molecule has 0 atom stereocenters. The van der Waals surface area contributed by atoms with Crippen LogP contribution in [0.15, 0.2) is 63.5 Å². The SMILES string of the molecule is CC(C)N1C(=O)SC(=Cc2ccc(Sc3nc4ccccc4[nH]3)cc2)C1=O. The highest BCUT2D eigenvalue weighted by Gasteiger charge is 2.36. The zero-order valence-electron chi connectivity index (χ0n) is 14.8. The van der Waals surface area contributed by atoms with Crippen LogP contribution in [0.5, 0.6) is 0 Å². The molecular formula is C20H17N3O2S2. The second-order valence-electron chi connectivity index (χ2n) is 6.38. The lowest BCUT2D eigenvalue weighted by Crippen LogP contribution is -2.34. The highest BCUT2D eigenvalue weighted by atomic mass is 32.2. The molecule has 0 unspecified atom stereocenters. The number of hydrogen-bond donors (Lipinski definition) is 1. The van der Waals surface area contributed by atoms with Crippen molar-refractivity contribution in [2.75, 3.05) is 0 Å². The maximum atomic E-state index is 12.4. The van der Waals surface area contributed by atoms with E-state index in [4.69, 9.17) is 0 Å². The number of amides is 2. The molecule has 7 heteroatoms. The first-order chi connectivity index (χ1) is 13.0. The molecule has 0 bridgehead atoms. The maximum Gasteiger partial charge on any atom is 0.293 e. The summed E-state index contributed by atoms with van der Waals surface area (Å²) in [7, 11) is 0. The largest absolute Gasteiger partial charge is 0.333 e. The molecule has 4 rings (SSSR count). The van der Waals surface area contributed by atoms with Crippen LogP contribution in [0.4, 0.5) is 4.79 Å². The van der Waals surface area contributed by atoms with Crippen molar-refractivity contribution >= 4 is 51.8 Å². The summed E-state index contributed by atoms with van der Waals surface area (Å²) < 4.78 is 0. The Morgan fingerprint density at radius 3 is 2.52 bits per heavy atom. The Balaban J connectivity index is 1.51. The van der Waals surface area contributed by atoms with Gasteiger partial charge in [-0.1, -0.05) is 36.0 Å². The zero-order chi connectivity index (χ0) is 19.0. The van der Waals surface area contributed by atoms with Gasteiger partial charge in [0.25, 0.3) is 11.1 Å². The number of fused-ring (bicyclic) bond motifs is 1. The number of thioether (sulfide) groups is 1. The van der Waals surface area contributed by atoms with Gasteiger partial charge < -0.3 is 4.98 Å². The first-order valence-corrected chi connectivity index (χ1v) is 10.1. The molecule has 1 aliphatic heterocycles. The molecule has 5 nitrogen and oxygen atoms in total. The second-order valence-corrected chi connectivity index (χ2v) is 8.43. The van der Waals surface area contributed by atoms with Gasteiger partial charge in [-0.05, 0) is 61.5 Å². The minimum atomic E-state index is -0.222. The van der Waals surface area contributed by atoms with E-state index in [9.17, 15) is 9.59 Å². The monoisotopic (exact) mass is 395 g/mol. The van der Waals surface area contributed by atoms with E-state index in [2.05, 4.69) is 9.97 Å². The van der Waals surface area contributed by atoms with E-state index < -0.39 is 0 Å². The second kappa shape index (κ2) is 7.25. The summed E-state index contributed by atoms with van der Waals surface area (Å²) in [4.78, 5) is 35.0. The average molecular weight is 396 g/mol. The molecule has 0 saturated carbocycles. The molecule has 2 aromatic carbocycles. The Hall–Kier alpha value is -2.51. The van der Waals surface area contributed by atoms with Crippen LogP contribution < -0.4 is 0 Å². The van der Waals surface area contributed by atoms with Gasteiger partial charge in [-0.2, -0.15) is 0 Å². The summed E-state index contributed by atoms with van der Waals surface area (Å²) in [6.45, 7) is 3.67. The number of aromatic nitrogens is 2. The summed E-state index contributed by atoms with van der Waals surface area (Å²) in [6.07, 6.45) is 1.77. The molecule has 136 valence electrons. The average Bonchev–Trinajstić information content (AvgIpc) is 3.16. The predicted octanol–water partition coefficient (Wildman–Crippen LogP) is 5.16. The molecule has 3 aromatic rings. The minimum absolute atomic E-state index is 0.133. The van der Waals surface area contributed by atoms with Crippen molar-refractivity contribution in [3.05, 3.63) is 59.0 Å². The van der Waals surface area contributed by atoms with Crippen molar-refractivity contribution in [3.8, 4) is 0 Å². The lowest BCUT2D eigenvalue weighted by molar-refractivity contribution is -0.123. The smallest absolute Gasteiger partial charge is 0.293 e. The van der Waals surface area contributed by atoms with Crippen molar-refractivity contribution in [2.24, 2.45) is 0 Å². The number of carbonyl (C=O) groups excluding carboxylic acids is 2. The first kappa shape index (κ1) is 17.9. The molecule has 1 N–H and O–H groups in total. The lowest BCUT2D eigenvalue weighted by Gasteiger charge is -2.16. The molecule has 2 amide bonds. The van der Waals surface area contributed by atoms with Crippen molar-refractivity contribution in [1.29, 1.82) is 0 Å². The van der Waals surface area contributed by atoms with Crippen LogP contribution in [-0.4, -0.2) is 32.1 Å². The van der Waals surface area contributed by atoms with Crippen molar-refractivity contribution < 1.29 is 9.59 Å². The third-order valence-corrected chi connectivity index (χ3v) is 5.88. The molecule has 0 aliphatic carbocycles. The van der Waals surface area contributed by atoms with E-state index in [0.29, 0.717) is 4.91 Å². The van der Waals surface area contributed by atoms with Gasteiger partial charge >= 0.3 is 0 Å². The fraction of sp³-hybridized carbons (Fsp3) is 0.150. The van der Waals surface area contributed by atoms with Gasteiger partial charge in [0.15, 0.2) is 5.16 Å². The molecule has 1 saturated heterocycles. The van der Waals surface area contributed by atoms with E-state index in [0.717, 1.165) is 38.4 Å². The zero-order valence-corrected chi connectivity index (χ0v) is 16.4. The van der Waals surface area contributed by atoms with Gasteiger partial charge in [0.2, 0.25) is 0 Å². The predicted molar refractivity (Wildman–Crippen MR) is 110 cm³/mol. The van der Waals surface area contributed by atoms with E-state index in [1.807, 2.05) is 62.4 Å². The highest BCUT2D eigenvalue weighted by molar-refractivity contribution is 8.18. The number of aromatic amines is 1. The Morgan fingerprint density at radius 1 is 1.11 bits per heavy atom. The van der Waals surface area contributed by atoms with E-state index in [1.54, 1.807) is 17.8 Å². The fourth-order valence-corrected chi connectivity index (χ4v) is 4.56. The Labute approximate surface area is 165 Å². The van der Waals surface area contributed by atoms with Crippen LogP contribution in [0.2, 0.25) is 0 Å².